The van der Waals surface area contributed by atoms with E-state index in [2.05, 4.69) is 4.98 Å². The van der Waals surface area contributed by atoms with Gasteiger partial charge in [-0.25, -0.2) is 0 Å². The summed E-state index contributed by atoms with van der Waals surface area (Å²) < 4.78 is 10.5. The molecule has 0 saturated heterocycles. The molecule has 0 N–H and O–H groups in total. The van der Waals surface area contributed by atoms with E-state index in [1.807, 2.05) is 6.92 Å². The molecule has 4 nitrogen and oxygen atoms in total. The molecule has 0 aliphatic rings. The Balaban J connectivity index is 3.01. The third kappa shape index (κ3) is 3.19. The molecule has 0 saturated carbocycles. The van der Waals surface area contributed by atoms with Gasteiger partial charge in [0, 0.05) is 24.6 Å². The smallest absolute Gasteiger partial charge is 0.182 e. The van der Waals surface area contributed by atoms with Crippen LogP contribution in [0.25, 0.3) is 0 Å². The van der Waals surface area contributed by atoms with E-state index < -0.39 is 0 Å². The minimum absolute atomic E-state index is 0.0106. The lowest BCUT2D eigenvalue weighted by molar-refractivity contribution is -0.120. The van der Waals surface area contributed by atoms with E-state index in [1.165, 1.54) is 0 Å². The van der Waals surface area contributed by atoms with Crippen molar-refractivity contribution in [2.24, 2.45) is 5.92 Å². The molecule has 94 valence electrons. The second-order valence-electron chi connectivity index (χ2n) is 3.91. The van der Waals surface area contributed by atoms with E-state index in [0.717, 1.165) is 12.1 Å². The third-order valence-corrected chi connectivity index (χ3v) is 2.87. The van der Waals surface area contributed by atoms with Gasteiger partial charge in [-0.2, -0.15) is 0 Å². The van der Waals surface area contributed by atoms with Crippen LogP contribution in [0.3, 0.4) is 0 Å². The van der Waals surface area contributed by atoms with Gasteiger partial charge in [0.2, 0.25) is 0 Å². The van der Waals surface area contributed by atoms with Crippen molar-refractivity contribution in [3.8, 4) is 11.5 Å². The molecule has 0 aliphatic carbocycles. The number of carbonyl (C=O) groups excluding carboxylic acids is 1. The van der Waals surface area contributed by atoms with Gasteiger partial charge in [0.25, 0.3) is 0 Å². The average molecular weight is 237 g/mol. The van der Waals surface area contributed by atoms with Crippen LogP contribution in [0.2, 0.25) is 0 Å². The number of ether oxygens (including phenoxy) is 2. The van der Waals surface area contributed by atoms with E-state index in [-0.39, 0.29) is 11.7 Å². The first-order valence-electron chi connectivity index (χ1n) is 5.70. The molecular formula is C13H19NO3. The van der Waals surface area contributed by atoms with Crippen molar-refractivity contribution < 1.29 is 14.3 Å². The van der Waals surface area contributed by atoms with Gasteiger partial charge in [0.05, 0.1) is 19.9 Å². The van der Waals surface area contributed by atoms with E-state index >= 15 is 0 Å². The highest BCUT2D eigenvalue weighted by Gasteiger charge is 2.18. The van der Waals surface area contributed by atoms with Gasteiger partial charge in [-0.1, -0.05) is 6.92 Å². The van der Waals surface area contributed by atoms with Crippen LogP contribution >= 0.6 is 0 Å². The highest BCUT2D eigenvalue weighted by Crippen LogP contribution is 2.31. The molecule has 0 radical (unpaired) electrons. The number of hydrogen-bond acceptors (Lipinski definition) is 4. The van der Waals surface area contributed by atoms with Crippen LogP contribution < -0.4 is 9.47 Å². The van der Waals surface area contributed by atoms with E-state index in [1.54, 1.807) is 33.4 Å². The molecule has 1 aromatic heterocycles. The normalized spacial score (nSPS) is 12.0. The molecule has 0 bridgehead atoms. The van der Waals surface area contributed by atoms with Gasteiger partial charge in [0.15, 0.2) is 11.5 Å². The molecule has 1 unspecified atom stereocenters. The number of pyridine rings is 1. The molecule has 1 aromatic rings. The van der Waals surface area contributed by atoms with E-state index in [4.69, 9.17) is 9.47 Å². The molecule has 0 aliphatic heterocycles. The number of Topliss-reactive ketones (excluding diaryl/α,β-unsaturated/α-hetero) is 1. The van der Waals surface area contributed by atoms with Gasteiger partial charge in [-0.15, -0.1) is 0 Å². The molecule has 17 heavy (non-hydrogen) atoms. The largest absolute Gasteiger partial charge is 0.493 e. The van der Waals surface area contributed by atoms with Crippen LogP contribution in [0.15, 0.2) is 12.3 Å². The molecule has 0 spiro atoms. The number of nitrogens with zero attached hydrogens (tertiary/aromatic N) is 1. The second kappa shape index (κ2) is 6.23. The predicted octanol–water partition coefficient (Wildman–Crippen LogP) is 2.26. The summed E-state index contributed by atoms with van der Waals surface area (Å²) in [6, 6.07) is 1.75. The van der Waals surface area contributed by atoms with Gasteiger partial charge < -0.3 is 9.47 Å². The molecule has 4 heteroatoms. The quantitative estimate of drug-likeness (QED) is 0.761. The standard InChI is InChI=1S/C13H19NO3/c1-5-10(9(2)15)8-11-13(17-4)12(16-3)6-7-14-11/h6-7,10H,5,8H2,1-4H3. The first-order chi connectivity index (χ1) is 8.13. The molecule has 1 heterocycles. The lowest BCUT2D eigenvalue weighted by Crippen LogP contribution is -2.14. The minimum atomic E-state index is -0.0106. The Kier molecular flexibility index (Phi) is 4.94. The Bertz CT molecular complexity index is 390. The molecule has 1 atom stereocenters. The Morgan fingerprint density at radius 3 is 2.59 bits per heavy atom. The monoisotopic (exact) mass is 237 g/mol. The van der Waals surface area contributed by atoms with Crippen molar-refractivity contribution >= 4 is 5.78 Å². The maximum Gasteiger partial charge on any atom is 0.182 e. The lowest BCUT2D eigenvalue weighted by Gasteiger charge is -2.15. The summed E-state index contributed by atoms with van der Waals surface area (Å²) in [5, 5.41) is 0. The fourth-order valence-electron chi connectivity index (χ4n) is 1.80. The first-order valence-corrected chi connectivity index (χ1v) is 5.70. The maximum absolute atomic E-state index is 11.4. The second-order valence-corrected chi connectivity index (χ2v) is 3.91. The molecule has 0 amide bonds. The van der Waals surface area contributed by atoms with Crippen molar-refractivity contribution in [2.45, 2.75) is 26.7 Å². The zero-order valence-electron chi connectivity index (χ0n) is 10.8. The highest BCUT2D eigenvalue weighted by molar-refractivity contribution is 5.78. The Hall–Kier alpha value is -1.58. The van der Waals surface area contributed by atoms with Crippen molar-refractivity contribution in [3.05, 3.63) is 18.0 Å². The number of aromatic nitrogens is 1. The van der Waals surface area contributed by atoms with Crippen LogP contribution in [0.5, 0.6) is 11.5 Å². The molecule has 1 rings (SSSR count). The average Bonchev–Trinajstić information content (AvgIpc) is 2.34. The van der Waals surface area contributed by atoms with Crippen LogP contribution in [0.4, 0.5) is 0 Å². The fourth-order valence-corrected chi connectivity index (χ4v) is 1.80. The number of rotatable bonds is 6. The number of carbonyl (C=O) groups is 1. The summed E-state index contributed by atoms with van der Waals surface area (Å²) in [5.74, 6) is 1.44. The molecule has 0 aromatic carbocycles. The number of hydrogen-bond donors (Lipinski definition) is 0. The van der Waals surface area contributed by atoms with Crippen molar-refractivity contribution in [3.63, 3.8) is 0 Å². The lowest BCUT2D eigenvalue weighted by atomic mass is 9.96. The molecular weight excluding hydrogens is 218 g/mol. The van der Waals surface area contributed by atoms with Gasteiger partial charge in [-0.3, -0.25) is 9.78 Å². The first kappa shape index (κ1) is 13.5. The predicted molar refractivity (Wildman–Crippen MR) is 65.5 cm³/mol. The summed E-state index contributed by atoms with van der Waals surface area (Å²) in [4.78, 5) is 15.7. The Labute approximate surface area is 102 Å². The van der Waals surface area contributed by atoms with Crippen molar-refractivity contribution in [1.82, 2.24) is 4.98 Å². The van der Waals surface area contributed by atoms with Crippen LogP contribution in [-0.2, 0) is 11.2 Å². The zero-order valence-corrected chi connectivity index (χ0v) is 10.8. The van der Waals surface area contributed by atoms with Gasteiger partial charge in [-0.05, 0) is 13.3 Å². The topological polar surface area (TPSA) is 48.4 Å². The van der Waals surface area contributed by atoms with Crippen LogP contribution in [0, 0.1) is 5.92 Å². The maximum atomic E-state index is 11.4. The fraction of sp³-hybridized carbons (Fsp3) is 0.538. The zero-order chi connectivity index (χ0) is 12.8. The Morgan fingerprint density at radius 1 is 1.41 bits per heavy atom. The van der Waals surface area contributed by atoms with E-state index in [9.17, 15) is 4.79 Å². The van der Waals surface area contributed by atoms with Gasteiger partial charge >= 0.3 is 0 Å². The van der Waals surface area contributed by atoms with E-state index in [0.29, 0.717) is 17.9 Å². The highest BCUT2D eigenvalue weighted by atomic mass is 16.5. The SMILES string of the molecule is CCC(Cc1nccc(OC)c1OC)C(C)=O. The third-order valence-electron chi connectivity index (χ3n) is 2.87. The molecule has 0 fully saturated rings. The summed E-state index contributed by atoms with van der Waals surface area (Å²) in [6.45, 7) is 3.61. The van der Waals surface area contributed by atoms with Crippen LogP contribution in [0.1, 0.15) is 26.0 Å². The van der Waals surface area contributed by atoms with Crippen LogP contribution in [-0.4, -0.2) is 25.0 Å². The van der Waals surface area contributed by atoms with Crippen molar-refractivity contribution in [1.29, 1.82) is 0 Å². The summed E-state index contributed by atoms with van der Waals surface area (Å²) in [6.07, 6.45) is 3.06. The van der Waals surface area contributed by atoms with Gasteiger partial charge in [0.1, 0.15) is 5.78 Å². The summed E-state index contributed by atoms with van der Waals surface area (Å²) in [5.41, 5.74) is 0.772. The number of methoxy groups -OCH3 is 2. The summed E-state index contributed by atoms with van der Waals surface area (Å²) >= 11 is 0. The minimum Gasteiger partial charge on any atom is -0.493 e. The van der Waals surface area contributed by atoms with Crippen molar-refractivity contribution in [2.75, 3.05) is 14.2 Å². The Morgan fingerprint density at radius 2 is 2.12 bits per heavy atom. The summed E-state index contributed by atoms with van der Waals surface area (Å²) in [7, 11) is 3.17. The number of ketones is 1.